The van der Waals surface area contributed by atoms with Gasteiger partial charge in [0.15, 0.2) is 5.75 Å². The Morgan fingerprint density at radius 3 is 2.95 bits per heavy atom. The van der Waals surface area contributed by atoms with Crippen molar-refractivity contribution < 1.29 is 14.6 Å². The molecule has 0 fully saturated rings. The number of ether oxygens (including phenoxy) is 1. The van der Waals surface area contributed by atoms with E-state index in [0.717, 1.165) is 9.92 Å². The highest BCUT2D eigenvalue weighted by atomic mass is 32.2. The van der Waals surface area contributed by atoms with Crippen LogP contribution in [-0.4, -0.2) is 22.2 Å². The summed E-state index contributed by atoms with van der Waals surface area (Å²) in [6, 6.07) is 5.32. The van der Waals surface area contributed by atoms with E-state index in [0.29, 0.717) is 10.6 Å². The molecule has 0 aliphatic heterocycles. The average Bonchev–Trinajstić information content (AvgIpc) is 2.80. The van der Waals surface area contributed by atoms with Gasteiger partial charge >= 0.3 is 5.97 Å². The van der Waals surface area contributed by atoms with E-state index in [1.165, 1.54) is 23.1 Å². The van der Waals surface area contributed by atoms with E-state index in [1.54, 1.807) is 12.3 Å². The van der Waals surface area contributed by atoms with Crippen LogP contribution in [-0.2, 0) is 0 Å². The topological polar surface area (TPSA) is 59.4 Å². The van der Waals surface area contributed by atoms with Crippen molar-refractivity contribution in [2.24, 2.45) is 0 Å². The molecule has 2 aromatic heterocycles. The van der Waals surface area contributed by atoms with Crippen LogP contribution < -0.4 is 4.74 Å². The third-order valence-electron chi connectivity index (χ3n) is 2.10. The lowest BCUT2D eigenvalue weighted by Crippen LogP contribution is -2.06. The molecule has 0 aliphatic rings. The molecule has 19 heavy (non-hydrogen) atoms. The van der Waals surface area contributed by atoms with Gasteiger partial charge in [-0.15, -0.1) is 11.3 Å². The number of carboxylic acid groups (broad SMARTS) is 1. The van der Waals surface area contributed by atoms with Gasteiger partial charge in [0.25, 0.3) is 0 Å². The average molecular weight is 295 g/mol. The van der Waals surface area contributed by atoms with Crippen molar-refractivity contribution >= 4 is 29.1 Å². The number of aromatic carboxylic acids is 1. The van der Waals surface area contributed by atoms with E-state index in [1.807, 2.05) is 31.4 Å². The number of pyridine rings is 1. The van der Waals surface area contributed by atoms with Crippen LogP contribution in [0.1, 0.15) is 23.5 Å². The highest BCUT2D eigenvalue weighted by molar-refractivity contribution is 7.99. The summed E-state index contributed by atoms with van der Waals surface area (Å²) in [6.07, 6.45) is 1.76. The van der Waals surface area contributed by atoms with Crippen molar-refractivity contribution in [1.82, 2.24) is 4.98 Å². The molecule has 2 aromatic rings. The first-order valence-corrected chi connectivity index (χ1v) is 7.37. The number of carboxylic acids is 1. The molecule has 1 N–H and O–H groups in total. The molecule has 100 valence electrons. The molecule has 0 spiro atoms. The maximum Gasteiger partial charge on any atom is 0.345 e. The van der Waals surface area contributed by atoms with Crippen LogP contribution in [0.3, 0.4) is 0 Å². The number of hydrogen-bond donors (Lipinski definition) is 1. The Hall–Kier alpha value is -1.53. The molecule has 4 nitrogen and oxygen atoms in total. The Balaban J connectivity index is 2.20. The molecule has 2 heterocycles. The normalized spacial score (nSPS) is 10.7. The van der Waals surface area contributed by atoms with Crippen LogP contribution in [0.25, 0.3) is 0 Å². The van der Waals surface area contributed by atoms with Gasteiger partial charge in [-0.2, -0.15) is 0 Å². The van der Waals surface area contributed by atoms with Gasteiger partial charge < -0.3 is 9.84 Å². The first-order valence-electron chi connectivity index (χ1n) is 5.67. The quantitative estimate of drug-likeness (QED) is 0.909. The van der Waals surface area contributed by atoms with E-state index in [9.17, 15) is 4.79 Å². The molecule has 0 aliphatic carbocycles. The van der Waals surface area contributed by atoms with E-state index in [-0.39, 0.29) is 6.10 Å². The van der Waals surface area contributed by atoms with Crippen LogP contribution in [0.4, 0.5) is 0 Å². The zero-order valence-corrected chi connectivity index (χ0v) is 12.1. The predicted molar refractivity (Wildman–Crippen MR) is 75.4 cm³/mol. The molecule has 0 aromatic carbocycles. The Labute approximate surface area is 119 Å². The lowest BCUT2D eigenvalue weighted by atomic mass is 10.4. The summed E-state index contributed by atoms with van der Waals surface area (Å²) in [4.78, 5) is 16.3. The van der Waals surface area contributed by atoms with E-state index < -0.39 is 5.97 Å². The number of nitrogens with zero attached hydrogens (tertiary/aromatic N) is 1. The minimum Gasteiger partial charge on any atom is -0.488 e. The molecule has 0 radical (unpaired) electrons. The van der Waals surface area contributed by atoms with Crippen LogP contribution >= 0.6 is 23.1 Å². The lowest BCUT2D eigenvalue weighted by Gasteiger charge is -2.12. The maximum absolute atomic E-state index is 10.8. The molecule has 0 saturated carbocycles. The monoisotopic (exact) mass is 295 g/mol. The van der Waals surface area contributed by atoms with Gasteiger partial charge in [0.05, 0.1) is 6.10 Å². The summed E-state index contributed by atoms with van der Waals surface area (Å²) in [5, 5.41) is 11.4. The molecule has 6 heteroatoms. The second kappa shape index (κ2) is 6.08. The fourth-order valence-electron chi connectivity index (χ4n) is 1.39. The Morgan fingerprint density at radius 2 is 2.32 bits per heavy atom. The largest absolute Gasteiger partial charge is 0.488 e. The smallest absolute Gasteiger partial charge is 0.345 e. The van der Waals surface area contributed by atoms with Gasteiger partial charge in [-0.3, -0.25) is 0 Å². The van der Waals surface area contributed by atoms with E-state index in [2.05, 4.69) is 4.98 Å². The van der Waals surface area contributed by atoms with Crippen LogP contribution in [0.5, 0.6) is 5.75 Å². The summed E-state index contributed by atoms with van der Waals surface area (Å²) in [5.74, 6) is -0.193. The molecule has 0 amide bonds. The SMILES string of the molecule is CC(C)Oc1cccnc1Sc1csc(C(=O)O)c1. The van der Waals surface area contributed by atoms with Gasteiger partial charge in [0.2, 0.25) is 0 Å². The second-order valence-electron chi connectivity index (χ2n) is 4.03. The van der Waals surface area contributed by atoms with Crippen molar-refractivity contribution in [3.63, 3.8) is 0 Å². The molecule has 2 rings (SSSR count). The van der Waals surface area contributed by atoms with E-state index in [4.69, 9.17) is 9.84 Å². The van der Waals surface area contributed by atoms with Gasteiger partial charge in [0.1, 0.15) is 9.90 Å². The summed E-state index contributed by atoms with van der Waals surface area (Å²) < 4.78 is 5.68. The zero-order valence-electron chi connectivity index (χ0n) is 10.5. The van der Waals surface area contributed by atoms with Gasteiger partial charge in [-0.25, -0.2) is 9.78 Å². The number of thiophene rings is 1. The lowest BCUT2D eigenvalue weighted by molar-refractivity contribution is 0.0702. The number of hydrogen-bond acceptors (Lipinski definition) is 5. The molecule has 0 atom stereocenters. The standard InChI is InChI=1S/C13H13NO3S2/c1-8(2)17-10-4-3-5-14-12(10)19-9-6-11(13(15)16)18-7-9/h3-8H,1-2H3,(H,15,16). The molecule has 0 unspecified atom stereocenters. The minimum absolute atomic E-state index is 0.0700. The van der Waals surface area contributed by atoms with Gasteiger partial charge in [0, 0.05) is 16.5 Å². The van der Waals surface area contributed by atoms with Crippen molar-refractivity contribution in [1.29, 1.82) is 0 Å². The Bertz CT molecular complexity index is 581. The van der Waals surface area contributed by atoms with Gasteiger partial charge in [-0.05, 0) is 32.0 Å². The van der Waals surface area contributed by atoms with Crippen LogP contribution in [0.15, 0.2) is 39.7 Å². The molecule has 0 saturated heterocycles. The summed E-state index contributed by atoms with van der Waals surface area (Å²) >= 11 is 2.61. The van der Waals surface area contributed by atoms with Crippen LogP contribution in [0, 0.1) is 0 Å². The molecular formula is C13H13NO3S2. The zero-order chi connectivity index (χ0) is 13.8. The third-order valence-corrected chi connectivity index (χ3v) is 4.14. The van der Waals surface area contributed by atoms with Crippen molar-refractivity contribution in [2.75, 3.05) is 0 Å². The predicted octanol–water partition coefficient (Wildman–Crippen LogP) is 3.78. The van der Waals surface area contributed by atoms with Crippen LogP contribution in [0.2, 0.25) is 0 Å². The fraction of sp³-hybridized carbons (Fsp3) is 0.231. The third kappa shape index (κ3) is 3.71. The first kappa shape index (κ1) is 13.9. The fourth-order valence-corrected chi connectivity index (χ4v) is 3.14. The number of aromatic nitrogens is 1. The Kier molecular flexibility index (Phi) is 4.44. The summed E-state index contributed by atoms with van der Waals surface area (Å²) in [6.45, 7) is 3.91. The first-order chi connectivity index (χ1) is 9.06. The summed E-state index contributed by atoms with van der Waals surface area (Å²) in [5.41, 5.74) is 0. The number of rotatable bonds is 5. The second-order valence-corrected chi connectivity index (χ2v) is 6.00. The molecule has 0 bridgehead atoms. The highest BCUT2D eigenvalue weighted by Gasteiger charge is 2.12. The van der Waals surface area contributed by atoms with Crippen molar-refractivity contribution in [2.45, 2.75) is 29.9 Å². The van der Waals surface area contributed by atoms with Crippen molar-refractivity contribution in [3.8, 4) is 5.75 Å². The minimum atomic E-state index is -0.906. The van der Waals surface area contributed by atoms with Crippen molar-refractivity contribution in [3.05, 3.63) is 34.7 Å². The Morgan fingerprint density at radius 1 is 1.53 bits per heavy atom. The number of carbonyl (C=O) groups is 1. The van der Waals surface area contributed by atoms with E-state index >= 15 is 0 Å². The molecular weight excluding hydrogens is 282 g/mol. The summed E-state index contributed by atoms with van der Waals surface area (Å²) in [7, 11) is 0. The maximum atomic E-state index is 10.8. The highest BCUT2D eigenvalue weighted by Crippen LogP contribution is 2.35. The van der Waals surface area contributed by atoms with Gasteiger partial charge in [-0.1, -0.05) is 11.8 Å².